The Balaban J connectivity index is 2.06. The number of aliphatic hydroxyl groups excluding tert-OH is 1. The van der Waals surface area contributed by atoms with Crippen molar-refractivity contribution >= 4 is 23.4 Å². The molecule has 106 valence electrons. The zero-order valence-electron chi connectivity index (χ0n) is 11.5. The first-order chi connectivity index (χ1) is 9.60. The van der Waals surface area contributed by atoms with Crippen molar-refractivity contribution in [3.05, 3.63) is 58.6 Å². The molecule has 0 amide bonds. The van der Waals surface area contributed by atoms with Gasteiger partial charge in [-0.25, -0.2) is 0 Å². The van der Waals surface area contributed by atoms with Gasteiger partial charge in [0.2, 0.25) is 0 Å². The second-order valence-corrected chi connectivity index (χ2v) is 6.06. The van der Waals surface area contributed by atoms with Crippen LogP contribution in [0.1, 0.15) is 17.2 Å². The molecule has 2 nitrogen and oxygen atoms in total. The highest BCUT2D eigenvalue weighted by Gasteiger charge is 2.14. The molecule has 1 unspecified atom stereocenters. The molecule has 0 fully saturated rings. The first-order valence-corrected chi connectivity index (χ1v) is 7.67. The molecule has 0 aliphatic rings. The van der Waals surface area contributed by atoms with Gasteiger partial charge in [-0.2, -0.15) is 0 Å². The van der Waals surface area contributed by atoms with Crippen molar-refractivity contribution in [1.29, 1.82) is 0 Å². The molecule has 0 spiro atoms. The summed E-state index contributed by atoms with van der Waals surface area (Å²) in [6.07, 6.45) is -0.564. The van der Waals surface area contributed by atoms with Crippen LogP contribution in [0.15, 0.2) is 47.4 Å². The molecule has 2 aromatic rings. The van der Waals surface area contributed by atoms with Gasteiger partial charge in [-0.1, -0.05) is 23.2 Å². The summed E-state index contributed by atoms with van der Waals surface area (Å²) < 4.78 is 5.30. The summed E-state index contributed by atoms with van der Waals surface area (Å²) in [4.78, 5) is 1.08. The number of aryl methyl sites for hydroxylation is 1. The highest BCUT2D eigenvalue weighted by molar-refractivity contribution is 7.99. The van der Waals surface area contributed by atoms with Crippen LogP contribution in [-0.2, 0) is 0 Å². The van der Waals surface area contributed by atoms with Gasteiger partial charge in [0.1, 0.15) is 5.75 Å². The number of hydrogen-bond donors (Lipinski definition) is 1. The summed E-state index contributed by atoms with van der Waals surface area (Å²) in [5.74, 6) is 1.29. The zero-order valence-corrected chi connectivity index (χ0v) is 13.0. The minimum Gasteiger partial charge on any atom is -0.496 e. The van der Waals surface area contributed by atoms with E-state index in [1.165, 1.54) is 0 Å². The van der Waals surface area contributed by atoms with E-state index in [1.54, 1.807) is 18.9 Å². The lowest BCUT2D eigenvalue weighted by atomic mass is 10.1. The number of hydrogen-bond acceptors (Lipinski definition) is 3. The fourth-order valence-electron chi connectivity index (χ4n) is 1.91. The van der Waals surface area contributed by atoms with Crippen molar-refractivity contribution < 1.29 is 9.84 Å². The third kappa shape index (κ3) is 3.92. The maximum absolute atomic E-state index is 10.3. The first kappa shape index (κ1) is 15.2. The van der Waals surface area contributed by atoms with Crippen molar-refractivity contribution in [1.82, 2.24) is 0 Å². The van der Waals surface area contributed by atoms with Crippen LogP contribution in [0.4, 0.5) is 0 Å². The van der Waals surface area contributed by atoms with Crippen LogP contribution >= 0.6 is 23.4 Å². The van der Waals surface area contributed by atoms with E-state index in [1.807, 2.05) is 49.4 Å². The number of methoxy groups -OCH3 is 1. The molecule has 0 heterocycles. The second-order valence-electron chi connectivity index (χ2n) is 4.53. The molecule has 0 aromatic heterocycles. The van der Waals surface area contributed by atoms with E-state index < -0.39 is 6.10 Å². The Hall–Kier alpha value is -1.16. The van der Waals surface area contributed by atoms with Crippen molar-refractivity contribution in [3.8, 4) is 5.75 Å². The number of aliphatic hydroxyl groups is 1. The van der Waals surface area contributed by atoms with Crippen LogP contribution < -0.4 is 4.74 Å². The van der Waals surface area contributed by atoms with Gasteiger partial charge in [-0.3, -0.25) is 0 Å². The lowest BCUT2D eigenvalue weighted by Gasteiger charge is -2.15. The van der Waals surface area contributed by atoms with Gasteiger partial charge in [-0.15, -0.1) is 11.8 Å². The number of ether oxygens (including phenoxy) is 1. The summed E-state index contributed by atoms with van der Waals surface area (Å²) >= 11 is 7.44. The molecule has 0 bridgehead atoms. The maximum Gasteiger partial charge on any atom is 0.124 e. The summed E-state index contributed by atoms with van der Waals surface area (Å²) in [5.41, 5.74) is 1.94. The number of benzene rings is 2. The van der Waals surface area contributed by atoms with Crippen LogP contribution in [-0.4, -0.2) is 18.0 Å². The smallest absolute Gasteiger partial charge is 0.124 e. The van der Waals surface area contributed by atoms with Crippen LogP contribution in [0, 0.1) is 6.92 Å². The Morgan fingerprint density at radius 1 is 1.20 bits per heavy atom. The Labute approximate surface area is 128 Å². The van der Waals surface area contributed by atoms with Crippen LogP contribution in [0.2, 0.25) is 5.02 Å². The first-order valence-electron chi connectivity index (χ1n) is 6.31. The minimum atomic E-state index is -0.564. The molecule has 2 rings (SSSR count). The quantitative estimate of drug-likeness (QED) is 0.826. The average molecular weight is 309 g/mol. The molecular formula is C16H17ClO2S. The monoisotopic (exact) mass is 308 g/mol. The SMILES string of the molecule is COc1ccc(C)cc1C(O)CSc1ccc(Cl)cc1. The topological polar surface area (TPSA) is 29.5 Å². The number of rotatable bonds is 5. The maximum atomic E-state index is 10.3. The third-order valence-electron chi connectivity index (χ3n) is 2.97. The Morgan fingerprint density at radius 2 is 1.90 bits per heavy atom. The molecule has 0 saturated carbocycles. The predicted molar refractivity (Wildman–Crippen MR) is 84.9 cm³/mol. The highest BCUT2D eigenvalue weighted by atomic mass is 35.5. The molecule has 20 heavy (non-hydrogen) atoms. The fraction of sp³-hybridized carbons (Fsp3) is 0.250. The predicted octanol–water partition coefficient (Wildman–Crippen LogP) is 4.48. The summed E-state index contributed by atoms with van der Waals surface area (Å²) in [6.45, 7) is 2.00. The molecule has 0 aliphatic heterocycles. The van der Waals surface area contributed by atoms with Crippen molar-refractivity contribution in [2.45, 2.75) is 17.9 Å². The minimum absolute atomic E-state index is 0.564. The molecule has 4 heteroatoms. The van der Waals surface area contributed by atoms with E-state index in [0.717, 1.165) is 26.8 Å². The largest absolute Gasteiger partial charge is 0.496 e. The lowest BCUT2D eigenvalue weighted by Crippen LogP contribution is -2.03. The molecule has 0 saturated heterocycles. The summed E-state index contributed by atoms with van der Waals surface area (Å²) in [6, 6.07) is 13.4. The Bertz CT molecular complexity index is 569. The van der Waals surface area contributed by atoms with Crippen LogP contribution in [0.3, 0.4) is 0 Å². The van der Waals surface area contributed by atoms with E-state index >= 15 is 0 Å². The molecule has 1 atom stereocenters. The van der Waals surface area contributed by atoms with Gasteiger partial charge in [0.05, 0.1) is 13.2 Å². The molecule has 2 aromatic carbocycles. The van der Waals surface area contributed by atoms with Crippen molar-refractivity contribution in [2.75, 3.05) is 12.9 Å². The van der Waals surface area contributed by atoms with E-state index in [9.17, 15) is 5.11 Å². The van der Waals surface area contributed by atoms with Gasteiger partial charge in [0.15, 0.2) is 0 Å². The fourth-order valence-corrected chi connectivity index (χ4v) is 2.89. The second kappa shape index (κ2) is 7.02. The summed E-state index contributed by atoms with van der Waals surface area (Å²) in [7, 11) is 1.62. The van der Waals surface area contributed by atoms with Gasteiger partial charge < -0.3 is 9.84 Å². The van der Waals surface area contributed by atoms with Gasteiger partial charge in [0.25, 0.3) is 0 Å². The standard InChI is InChI=1S/C16H17ClO2S/c1-11-3-8-16(19-2)14(9-11)15(18)10-20-13-6-4-12(17)5-7-13/h3-9,15,18H,10H2,1-2H3. The lowest BCUT2D eigenvalue weighted by molar-refractivity contribution is 0.199. The van der Waals surface area contributed by atoms with E-state index in [2.05, 4.69) is 0 Å². The molecule has 0 radical (unpaired) electrons. The van der Waals surface area contributed by atoms with E-state index in [-0.39, 0.29) is 0 Å². The molecule has 0 aliphatic carbocycles. The van der Waals surface area contributed by atoms with Gasteiger partial charge >= 0.3 is 0 Å². The number of halogens is 1. The average Bonchev–Trinajstić information content (AvgIpc) is 2.46. The van der Waals surface area contributed by atoms with E-state index in [4.69, 9.17) is 16.3 Å². The van der Waals surface area contributed by atoms with Crippen molar-refractivity contribution in [3.63, 3.8) is 0 Å². The Morgan fingerprint density at radius 3 is 2.55 bits per heavy atom. The molecule has 1 N–H and O–H groups in total. The van der Waals surface area contributed by atoms with Crippen LogP contribution in [0.5, 0.6) is 5.75 Å². The van der Waals surface area contributed by atoms with Gasteiger partial charge in [-0.05, 0) is 43.3 Å². The molecular weight excluding hydrogens is 292 g/mol. The van der Waals surface area contributed by atoms with Gasteiger partial charge in [0, 0.05) is 21.2 Å². The van der Waals surface area contributed by atoms with E-state index in [0.29, 0.717) is 5.75 Å². The third-order valence-corrected chi connectivity index (χ3v) is 4.31. The highest BCUT2D eigenvalue weighted by Crippen LogP contribution is 2.31. The zero-order chi connectivity index (χ0) is 14.5. The van der Waals surface area contributed by atoms with Crippen LogP contribution in [0.25, 0.3) is 0 Å². The normalized spacial score (nSPS) is 12.2. The Kier molecular flexibility index (Phi) is 5.35. The number of thioether (sulfide) groups is 1. The summed E-state index contributed by atoms with van der Waals surface area (Å²) in [5, 5.41) is 11.1. The van der Waals surface area contributed by atoms with Crippen molar-refractivity contribution in [2.24, 2.45) is 0 Å².